The lowest BCUT2D eigenvalue weighted by molar-refractivity contribution is -0.118. The summed E-state index contributed by atoms with van der Waals surface area (Å²) in [4.78, 5) is 27.3. The maximum absolute atomic E-state index is 14.2. The SMILES string of the molecule is COC(=O)c1ccc(Cl)c(C2C(=O)N(Cc3ccc(OC)cc3OC)c3ccc(F)cc32)c1. The first-order valence-electron chi connectivity index (χ1n) is 10.1. The van der Waals surface area contributed by atoms with E-state index < -0.39 is 17.7 Å². The molecule has 1 unspecified atom stereocenters. The summed E-state index contributed by atoms with van der Waals surface area (Å²) in [6.07, 6.45) is 0. The second kappa shape index (κ2) is 9.11. The third-order valence-corrected chi connectivity index (χ3v) is 6.00. The van der Waals surface area contributed by atoms with Crippen LogP contribution < -0.4 is 14.4 Å². The molecule has 8 heteroatoms. The van der Waals surface area contributed by atoms with E-state index in [0.717, 1.165) is 5.56 Å². The van der Waals surface area contributed by atoms with Gasteiger partial charge in [-0.3, -0.25) is 4.79 Å². The maximum Gasteiger partial charge on any atom is 0.337 e. The van der Waals surface area contributed by atoms with Crippen LogP contribution in [-0.2, 0) is 16.1 Å². The zero-order valence-corrected chi connectivity index (χ0v) is 19.0. The molecule has 3 aromatic rings. The van der Waals surface area contributed by atoms with Crippen molar-refractivity contribution in [2.24, 2.45) is 0 Å². The summed E-state index contributed by atoms with van der Waals surface area (Å²) >= 11 is 6.43. The molecule has 0 aromatic heterocycles. The number of anilines is 1. The van der Waals surface area contributed by atoms with Gasteiger partial charge in [0.15, 0.2) is 0 Å². The van der Waals surface area contributed by atoms with Crippen molar-refractivity contribution in [3.8, 4) is 11.5 Å². The average Bonchev–Trinajstić information content (AvgIpc) is 3.09. The van der Waals surface area contributed by atoms with Crippen LogP contribution in [0.4, 0.5) is 10.1 Å². The van der Waals surface area contributed by atoms with Crippen LogP contribution in [0, 0.1) is 5.82 Å². The van der Waals surface area contributed by atoms with E-state index in [4.69, 9.17) is 25.8 Å². The Morgan fingerprint density at radius 2 is 1.79 bits per heavy atom. The second-order valence-corrected chi connectivity index (χ2v) is 7.87. The first-order chi connectivity index (χ1) is 15.9. The zero-order chi connectivity index (χ0) is 23.7. The Morgan fingerprint density at radius 3 is 2.48 bits per heavy atom. The molecule has 6 nitrogen and oxygen atoms in total. The van der Waals surface area contributed by atoms with Crippen molar-refractivity contribution < 1.29 is 28.2 Å². The molecule has 0 bridgehead atoms. The van der Waals surface area contributed by atoms with Crippen molar-refractivity contribution in [2.75, 3.05) is 26.2 Å². The molecule has 0 radical (unpaired) electrons. The van der Waals surface area contributed by atoms with E-state index in [2.05, 4.69) is 0 Å². The number of amides is 1. The highest BCUT2D eigenvalue weighted by molar-refractivity contribution is 6.32. The minimum Gasteiger partial charge on any atom is -0.497 e. The fraction of sp³-hybridized carbons (Fsp3) is 0.200. The number of ether oxygens (including phenoxy) is 3. The van der Waals surface area contributed by atoms with E-state index in [0.29, 0.717) is 33.3 Å². The number of carbonyl (C=O) groups excluding carboxylic acids is 2. The largest absolute Gasteiger partial charge is 0.497 e. The summed E-state index contributed by atoms with van der Waals surface area (Å²) < 4.78 is 29.7. The molecule has 0 spiro atoms. The molecule has 170 valence electrons. The lowest BCUT2D eigenvalue weighted by Crippen LogP contribution is -2.29. The Kier molecular flexibility index (Phi) is 6.24. The Hall–Kier alpha value is -3.58. The van der Waals surface area contributed by atoms with Gasteiger partial charge in [-0.2, -0.15) is 0 Å². The number of halogens is 2. The van der Waals surface area contributed by atoms with Crippen molar-refractivity contribution in [3.05, 3.63) is 87.7 Å². The molecule has 1 heterocycles. The van der Waals surface area contributed by atoms with Gasteiger partial charge < -0.3 is 19.1 Å². The third-order valence-electron chi connectivity index (χ3n) is 5.66. The summed E-state index contributed by atoms with van der Waals surface area (Å²) in [7, 11) is 4.36. The Morgan fingerprint density at radius 1 is 1.00 bits per heavy atom. The van der Waals surface area contributed by atoms with Gasteiger partial charge in [0, 0.05) is 22.3 Å². The predicted octanol–water partition coefficient (Wildman–Crippen LogP) is 4.96. The highest BCUT2D eigenvalue weighted by Gasteiger charge is 2.40. The number of nitrogens with zero attached hydrogens (tertiary/aromatic N) is 1. The van der Waals surface area contributed by atoms with Crippen molar-refractivity contribution in [3.63, 3.8) is 0 Å². The Labute approximate surface area is 195 Å². The third kappa shape index (κ3) is 4.12. The van der Waals surface area contributed by atoms with E-state index in [1.54, 1.807) is 30.2 Å². The Balaban J connectivity index is 1.80. The van der Waals surface area contributed by atoms with E-state index in [1.807, 2.05) is 6.07 Å². The maximum atomic E-state index is 14.2. The number of rotatable bonds is 6. The zero-order valence-electron chi connectivity index (χ0n) is 18.2. The number of hydrogen-bond donors (Lipinski definition) is 0. The Bertz CT molecular complexity index is 1250. The highest BCUT2D eigenvalue weighted by atomic mass is 35.5. The van der Waals surface area contributed by atoms with Crippen LogP contribution in [0.2, 0.25) is 5.02 Å². The number of fused-ring (bicyclic) bond motifs is 1. The van der Waals surface area contributed by atoms with E-state index in [9.17, 15) is 14.0 Å². The molecule has 4 rings (SSSR count). The number of esters is 1. The van der Waals surface area contributed by atoms with Crippen LogP contribution in [0.15, 0.2) is 54.6 Å². The smallest absolute Gasteiger partial charge is 0.337 e. The molecule has 0 N–H and O–H groups in total. The van der Waals surface area contributed by atoms with Gasteiger partial charge in [0.1, 0.15) is 17.3 Å². The molecule has 0 aliphatic carbocycles. The molecule has 0 saturated heterocycles. The standard InChI is InChI=1S/C25H21ClFNO5/c1-31-17-7-4-15(22(12-17)32-2)13-28-21-9-6-16(27)11-19(21)23(24(28)29)18-10-14(25(30)33-3)5-8-20(18)26/h4-12,23H,13H2,1-3H3. The van der Waals surface area contributed by atoms with Gasteiger partial charge >= 0.3 is 5.97 Å². The minimum absolute atomic E-state index is 0.190. The summed E-state index contributed by atoms with van der Waals surface area (Å²) in [6.45, 7) is 0.190. The molecule has 0 fully saturated rings. The van der Waals surface area contributed by atoms with Crippen molar-refractivity contribution in [2.45, 2.75) is 12.5 Å². The lowest BCUT2D eigenvalue weighted by atomic mass is 9.91. The number of benzene rings is 3. The van der Waals surface area contributed by atoms with Crippen molar-refractivity contribution in [1.29, 1.82) is 0 Å². The fourth-order valence-corrected chi connectivity index (χ4v) is 4.26. The van der Waals surface area contributed by atoms with Crippen LogP contribution in [0.3, 0.4) is 0 Å². The van der Waals surface area contributed by atoms with E-state index in [-0.39, 0.29) is 18.0 Å². The first kappa shape index (κ1) is 22.6. The van der Waals surface area contributed by atoms with E-state index >= 15 is 0 Å². The number of hydrogen-bond acceptors (Lipinski definition) is 5. The van der Waals surface area contributed by atoms with Gasteiger partial charge in [-0.25, -0.2) is 9.18 Å². The van der Waals surface area contributed by atoms with Gasteiger partial charge in [-0.05, 0) is 59.7 Å². The van der Waals surface area contributed by atoms with Gasteiger partial charge in [0.05, 0.1) is 39.4 Å². The van der Waals surface area contributed by atoms with Crippen molar-refractivity contribution >= 4 is 29.2 Å². The molecule has 0 saturated carbocycles. The first-order valence-corrected chi connectivity index (χ1v) is 10.4. The number of carbonyl (C=O) groups is 2. The van der Waals surface area contributed by atoms with Crippen LogP contribution in [0.5, 0.6) is 11.5 Å². The summed E-state index contributed by atoms with van der Waals surface area (Å²) in [5.41, 5.74) is 2.43. The summed E-state index contributed by atoms with van der Waals surface area (Å²) in [6, 6.07) is 14.1. The fourth-order valence-electron chi connectivity index (χ4n) is 4.04. The molecule has 33 heavy (non-hydrogen) atoms. The normalized spacial score (nSPS) is 14.8. The number of methoxy groups -OCH3 is 3. The van der Waals surface area contributed by atoms with Gasteiger partial charge in [-0.1, -0.05) is 11.6 Å². The van der Waals surface area contributed by atoms with Crippen LogP contribution in [-0.4, -0.2) is 33.2 Å². The van der Waals surface area contributed by atoms with Crippen molar-refractivity contribution in [1.82, 2.24) is 0 Å². The van der Waals surface area contributed by atoms with Gasteiger partial charge in [0.2, 0.25) is 5.91 Å². The topological polar surface area (TPSA) is 65.1 Å². The van der Waals surface area contributed by atoms with Gasteiger partial charge in [0.25, 0.3) is 0 Å². The molecule has 3 aromatic carbocycles. The molecule has 1 aliphatic heterocycles. The monoisotopic (exact) mass is 469 g/mol. The minimum atomic E-state index is -0.878. The molecule has 1 aliphatic rings. The predicted molar refractivity (Wildman–Crippen MR) is 122 cm³/mol. The van der Waals surface area contributed by atoms with Crippen LogP contribution in [0.25, 0.3) is 0 Å². The highest BCUT2D eigenvalue weighted by Crippen LogP contribution is 2.45. The molecular weight excluding hydrogens is 449 g/mol. The second-order valence-electron chi connectivity index (χ2n) is 7.47. The molecule has 1 amide bonds. The average molecular weight is 470 g/mol. The van der Waals surface area contributed by atoms with Crippen LogP contribution >= 0.6 is 11.6 Å². The van der Waals surface area contributed by atoms with E-state index in [1.165, 1.54) is 44.6 Å². The summed E-state index contributed by atoms with van der Waals surface area (Å²) in [5.74, 6) is -1.03. The molecular formula is C25H21ClFNO5. The molecule has 1 atom stereocenters. The van der Waals surface area contributed by atoms with Crippen LogP contribution in [0.1, 0.15) is 33.0 Å². The summed E-state index contributed by atoms with van der Waals surface area (Å²) in [5, 5.41) is 0.292. The lowest BCUT2D eigenvalue weighted by Gasteiger charge is -2.20. The quantitative estimate of drug-likeness (QED) is 0.477. The van der Waals surface area contributed by atoms with Gasteiger partial charge in [-0.15, -0.1) is 0 Å².